The molecule has 0 N–H and O–H groups in total. The highest BCUT2D eigenvalue weighted by Crippen LogP contribution is 2.51. The van der Waals surface area contributed by atoms with Crippen LogP contribution in [0.15, 0.2) is 164 Å². The second-order valence-corrected chi connectivity index (χ2v) is 14.8. The van der Waals surface area contributed by atoms with E-state index in [0.717, 1.165) is 11.4 Å². The van der Waals surface area contributed by atoms with Gasteiger partial charge in [0.05, 0.1) is 0 Å². The van der Waals surface area contributed by atoms with Gasteiger partial charge in [0.2, 0.25) is 0 Å². The van der Waals surface area contributed by atoms with E-state index in [0.29, 0.717) is 0 Å². The molecule has 0 saturated heterocycles. The predicted molar refractivity (Wildman–Crippen MR) is 212 cm³/mol. The van der Waals surface area contributed by atoms with Crippen molar-refractivity contribution < 1.29 is 0 Å². The fraction of sp³-hybridized carbons (Fsp3) is 0.0638. The summed E-state index contributed by atoms with van der Waals surface area (Å²) in [6.45, 7) is 4.72. The van der Waals surface area contributed by atoms with Gasteiger partial charge in [-0.05, 0) is 97.4 Å². The number of hydrogen-bond acceptors (Lipinski definition) is 2. The van der Waals surface area contributed by atoms with E-state index in [9.17, 15) is 0 Å². The van der Waals surface area contributed by atoms with E-state index in [1.807, 2.05) is 11.3 Å². The van der Waals surface area contributed by atoms with Crippen LogP contribution in [0.3, 0.4) is 0 Å². The van der Waals surface area contributed by atoms with Crippen molar-refractivity contribution in [2.24, 2.45) is 0 Å². The highest BCUT2D eigenvalue weighted by atomic mass is 32.1. The summed E-state index contributed by atoms with van der Waals surface area (Å²) in [5.74, 6) is 0. The number of fused-ring (bicyclic) bond motifs is 9. The topological polar surface area (TPSA) is 3.24 Å². The Morgan fingerprint density at radius 1 is 0.429 bits per heavy atom. The Morgan fingerprint density at radius 3 is 1.92 bits per heavy atom. The molecule has 0 radical (unpaired) electrons. The van der Waals surface area contributed by atoms with Crippen LogP contribution in [-0.4, -0.2) is 0 Å². The molecule has 0 amide bonds. The van der Waals surface area contributed by atoms with Gasteiger partial charge in [-0.2, -0.15) is 0 Å². The van der Waals surface area contributed by atoms with Crippen molar-refractivity contribution in [2.45, 2.75) is 19.3 Å². The maximum Gasteiger partial charge on any atom is 0.0468 e. The van der Waals surface area contributed by atoms with Crippen molar-refractivity contribution in [3.05, 3.63) is 175 Å². The zero-order valence-electron chi connectivity index (χ0n) is 27.4. The second-order valence-electron chi connectivity index (χ2n) is 13.8. The van der Waals surface area contributed by atoms with Crippen LogP contribution in [0.1, 0.15) is 25.0 Å². The number of anilines is 3. The van der Waals surface area contributed by atoms with Crippen molar-refractivity contribution >= 4 is 70.1 Å². The maximum absolute atomic E-state index is 2.44. The van der Waals surface area contributed by atoms with Crippen molar-refractivity contribution in [1.29, 1.82) is 0 Å². The van der Waals surface area contributed by atoms with Gasteiger partial charge in [0, 0.05) is 42.6 Å². The Hall–Kier alpha value is -5.70. The van der Waals surface area contributed by atoms with Crippen LogP contribution < -0.4 is 4.90 Å². The lowest BCUT2D eigenvalue weighted by Crippen LogP contribution is -2.16. The van der Waals surface area contributed by atoms with E-state index in [4.69, 9.17) is 0 Å². The van der Waals surface area contributed by atoms with Crippen molar-refractivity contribution in [2.75, 3.05) is 4.90 Å². The van der Waals surface area contributed by atoms with Crippen LogP contribution in [0.2, 0.25) is 0 Å². The number of benzene rings is 8. The first-order valence-electron chi connectivity index (χ1n) is 17.0. The summed E-state index contributed by atoms with van der Waals surface area (Å²) in [7, 11) is 0. The quantitative estimate of drug-likeness (QED) is 0.184. The normalized spacial score (nSPS) is 13.3. The number of hydrogen-bond donors (Lipinski definition) is 0. The third-order valence-electron chi connectivity index (χ3n) is 10.7. The predicted octanol–water partition coefficient (Wildman–Crippen LogP) is 13.8. The summed E-state index contributed by atoms with van der Waals surface area (Å²) in [4.78, 5) is 2.44. The van der Waals surface area contributed by atoms with Gasteiger partial charge in [0.25, 0.3) is 0 Å². The first kappa shape index (κ1) is 28.3. The molecule has 1 aliphatic rings. The minimum Gasteiger partial charge on any atom is -0.310 e. The second kappa shape index (κ2) is 10.7. The number of nitrogens with zero attached hydrogens (tertiary/aromatic N) is 1. The minimum absolute atomic E-state index is 0.0829. The molecule has 232 valence electrons. The van der Waals surface area contributed by atoms with Crippen molar-refractivity contribution in [3.63, 3.8) is 0 Å². The first-order valence-corrected chi connectivity index (χ1v) is 17.8. The Labute approximate surface area is 290 Å². The Bertz CT molecular complexity index is 2740. The lowest BCUT2D eigenvalue weighted by molar-refractivity contribution is 0.660. The molecule has 0 bridgehead atoms. The SMILES string of the molecule is CC1(C)c2ccccc2-c2ccc(N(c3ccc(-c4cccc5ccccc45)cc3)c3ccc4sc5c6ccccc6ccc5c4c3)cc21. The number of thiophene rings is 1. The van der Waals surface area contributed by atoms with Crippen LogP contribution in [-0.2, 0) is 5.41 Å². The Kier molecular flexibility index (Phi) is 6.16. The van der Waals surface area contributed by atoms with Crippen LogP contribution in [0.25, 0.3) is 64.0 Å². The molecule has 2 heteroatoms. The average molecular weight is 644 g/mol. The maximum atomic E-state index is 2.44. The molecular formula is C47H33NS. The van der Waals surface area contributed by atoms with E-state index < -0.39 is 0 Å². The van der Waals surface area contributed by atoms with Crippen LogP contribution in [0.5, 0.6) is 0 Å². The first-order chi connectivity index (χ1) is 24.0. The Balaban J connectivity index is 1.16. The molecule has 1 aliphatic carbocycles. The fourth-order valence-electron chi connectivity index (χ4n) is 8.18. The molecule has 49 heavy (non-hydrogen) atoms. The summed E-state index contributed by atoms with van der Waals surface area (Å²) in [6.07, 6.45) is 0. The smallest absolute Gasteiger partial charge is 0.0468 e. The van der Waals surface area contributed by atoms with Gasteiger partial charge >= 0.3 is 0 Å². The van der Waals surface area contributed by atoms with E-state index in [1.54, 1.807) is 0 Å². The highest BCUT2D eigenvalue weighted by Gasteiger charge is 2.35. The molecule has 0 atom stereocenters. The van der Waals surface area contributed by atoms with Gasteiger partial charge in [0.1, 0.15) is 0 Å². The van der Waals surface area contributed by atoms with Crippen molar-refractivity contribution in [1.82, 2.24) is 0 Å². The van der Waals surface area contributed by atoms with E-state index in [2.05, 4.69) is 183 Å². The van der Waals surface area contributed by atoms with Crippen LogP contribution in [0, 0.1) is 0 Å². The van der Waals surface area contributed by atoms with E-state index in [-0.39, 0.29) is 5.41 Å². The zero-order chi connectivity index (χ0) is 32.7. The monoisotopic (exact) mass is 643 g/mol. The molecular weight excluding hydrogens is 611 g/mol. The summed E-state index contributed by atoms with van der Waals surface area (Å²) in [5.41, 5.74) is 11.3. The van der Waals surface area contributed by atoms with Gasteiger partial charge in [-0.25, -0.2) is 0 Å². The molecule has 9 aromatic rings. The third-order valence-corrected chi connectivity index (χ3v) is 11.9. The Morgan fingerprint density at radius 2 is 1.06 bits per heavy atom. The molecule has 1 heterocycles. The molecule has 8 aromatic carbocycles. The third kappa shape index (κ3) is 4.31. The minimum atomic E-state index is -0.0829. The molecule has 10 rings (SSSR count). The molecule has 0 spiro atoms. The standard InChI is InChI=1S/C47H33NS/c1-47(2)43-17-8-7-15-39(43)40-26-23-35(29-44(40)47)48(33-21-18-32(19-22-33)37-16-9-12-30-10-3-5-13-36(30)37)34-24-27-45-42(28-34)41-25-20-31-11-4-6-14-38(31)46(41)49-45/h3-29H,1-2H3. The average Bonchev–Trinajstić information content (AvgIpc) is 3.64. The summed E-state index contributed by atoms with van der Waals surface area (Å²) >= 11 is 1.89. The van der Waals surface area contributed by atoms with E-state index >= 15 is 0 Å². The fourth-order valence-corrected chi connectivity index (χ4v) is 9.40. The summed E-state index contributed by atoms with van der Waals surface area (Å²) in [5, 5.41) is 7.77. The van der Waals surface area contributed by atoms with Crippen molar-refractivity contribution in [3.8, 4) is 22.3 Å². The molecule has 0 aliphatic heterocycles. The lowest BCUT2D eigenvalue weighted by atomic mass is 9.82. The zero-order valence-corrected chi connectivity index (χ0v) is 28.3. The van der Waals surface area contributed by atoms with Gasteiger partial charge in [0.15, 0.2) is 0 Å². The largest absolute Gasteiger partial charge is 0.310 e. The highest BCUT2D eigenvalue weighted by molar-refractivity contribution is 7.26. The number of rotatable bonds is 4. The molecule has 0 saturated carbocycles. The van der Waals surface area contributed by atoms with E-state index in [1.165, 1.54) is 80.8 Å². The van der Waals surface area contributed by atoms with Gasteiger partial charge in [-0.15, -0.1) is 11.3 Å². The van der Waals surface area contributed by atoms with Gasteiger partial charge < -0.3 is 4.90 Å². The summed E-state index contributed by atoms with van der Waals surface area (Å²) < 4.78 is 2.67. The van der Waals surface area contributed by atoms with Crippen LogP contribution >= 0.6 is 11.3 Å². The van der Waals surface area contributed by atoms with Gasteiger partial charge in [-0.1, -0.05) is 135 Å². The molecule has 0 fully saturated rings. The van der Waals surface area contributed by atoms with Gasteiger partial charge in [-0.3, -0.25) is 0 Å². The molecule has 1 nitrogen and oxygen atoms in total. The molecule has 1 aromatic heterocycles. The summed E-state index contributed by atoms with van der Waals surface area (Å²) in [6, 6.07) is 60.6. The van der Waals surface area contributed by atoms with Crippen LogP contribution in [0.4, 0.5) is 17.1 Å². The lowest BCUT2D eigenvalue weighted by Gasteiger charge is -2.28. The molecule has 0 unspecified atom stereocenters.